The third-order valence-corrected chi connectivity index (χ3v) is 24.6. The van der Waals surface area contributed by atoms with Gasteiger partial charge in [-0.05, 0) is 121 Å². The molecule has 736 valence electrons. The molecular formula is C96H84Cl4F8N32O4. The van der Waals surface area contributed by atoms with Crippen molar-refractivity contribution in [3.63, 3.8) is 0 Å². The van der Waals surface area contributed by atoms with Crippen molar-refractivity contribution in [2.45, 2.75) is 105 Å². The molecule has 8 heterocycles. The molecule has 0 bridgehead atoms. The lowest BCUT2D eigenvalue weighted by molar-refractivity contribution is 0.455. The minimum atomic E-state index is -0.877. The highest BCUT2D eigenvalue weighted by Gasteiger charge is 2.35. The minimum absolute atomic E-state index is 0.0326. The first kappa shape index (κ1) is 104. The van der Waals surface area contributed by atoms with E-state index in [-0.39, 0.29) is 226 Å². The van der Waals surface area contributed by atoms with E-state index in [0.717, 1.165) is 66.8 Å². The molecule has 48 heteroatoms. The van der Waals surface area contributed by atoms with Crippen molar-refractivity contribution in [2.75, 3.05) is 67.1 Å². The summed E-state index contributed by atoms with van der Waals surface area (Å²) in [5, 5.41) is 51.8. The van der Waals surface area contributed by atoms with E-state index in [1.165, 1.54) is 24.3 Å². The van der Waals surface area contributed by atoms with Gasteiger partial charge in [-0.15, -0.1) is 0 Å². The van der Waals surface area contributed by atoms with Crippen molar-refractivity contribution in [1.82, 2.24) is 78.1 Å². The Kier molecular flexibility index (Phi) is 31.9. The lowest BCUT2D eigenvalue weighted by Crippen LogP contribution is -2.31. The predicted octanol–water partition coefficient (Wildman–Crippen LogP) is 17.4. The first-order valence-corrected chi connectivity index (χ1v) is 45.2. The number of nitrogens with one attached hydrogen (secondary N) is 4. The standard InChI is InChI=1S/4C24H21ClF2N8O/c4*1-3-11(2)19(32-21-15(10-28)20(29)33-24(30)34-21)22-31-17-6-4-5-16(25)18(17)23(36)35(22)14-8-12(26)7-13(27)9-14/h4*4-9,11,19H,3H2,1-2H3,(H5,29,30,32,33,34)/t2*11-,19+;2*11-,19-/m1010/s1. The molecule has 0 fully saturated rings. The molecule has 8 aromatic heterocycles. The monoisotopic (exact) mass is 2040 g/mol. The van der Waals surface area contributed by atoms with Crippen LogP contribution in [0.25, 0.3) is 66.4 Å². The van der Waals surface area contributed by atoms with Gasteiger partial charge in [0.25, 0.3) is 22.2 Å². The normalized spacial score (nSPS) is 12.8. The van der Waals surface area contributed by atoms with Crippen LogP contribution >= 0.6 is 46.4 Å². The first-order valence-electron chi connectivity index (χ1n) is 43.7. The number of halogens is 12. The summed E-state index contributed by atoms with van der Waals surface area (Å²) in [6, 6.07) is 34.7. The van der Waals surface area contributed by atoms with Gasteiger partial charge < -0.3 is 67.1 Å². The maximum Gasteiger partial charge on any atom is 0.267 e. The Morgan fingerprint density at radius 3 is 0.625 bits per heavy atom. The molecule has 16 aromatic rings. The van der Waals surface area contributed by atoms with Crippen LogP contribution in [0.5, 0.6) is 0 Å². The minimum Gasteiger partial charge on any atom is -0.382 e. The second kappa shape index (κ2) is 44.1. The van der Waals surface area contributed by atoms with Gasteiger partial charge in [0.05, 0.1) is 111 Å². The number of nitrogen functional groups attached to an aromatic ring is 8. The highest BCUT2D eigenvalue weighted by atomic mass is 35.5. The van der Waals surface area contributed by atoms with Gasteiger partial charge in [0.2, 0.25) is 23.8 Å². The van der Waals surface area contributed by atoms with Crippen LogP contribution in [0, 0.1) is 116 Å². The van der Waals surface area contributed by atoms with Crippen LogP contribution in [-0.4, -0.2) is 78.1 Å². The molecule has 8 aromatic carbocycles. The molecule has 0 aliphatic heterocycles. The molecule has 8 atom stereocenters. The third kappa shape index (κ3) is 22.0. The number of anilines is 12. The molecule has 0 radical (unpaired) electrons. The van der Waals surface area contributed by atoms with Crippen molar-refractivity contribution < 1.29 is 35.1 Å². The van der Waals surface area contributed by atoms with Crippen molar-refractivity contribution in [2.24, 2.45) is 23.7 Å². The number of hydrogen-bond acceptors (Lipinski definition) is 32. The fourth-order valence-electron chi connectivity index (χ4n) is 15.6. The van der Waals surface area contributed by atoms with E-state index in [4.69, 9.17) is 92.3 Å². The Balaban J connectivity index is 0.000000161. The summed E-state index contributed by atoms with van der Waals surface area (Å²) in [6.45, 7) is 15.2. The van der Waals surface area contributed by atoms with Crippen LogP contribution in [0.2, 0.25) is 20.1 Å². The van der Waals surface area contributed by atoms with Gasteiger partial charge in [-0.25, -0.2) is 55.1 Å². The largest absolute Gasteiger partial charge is 0.382 e. The fraction of sp³-hybridized carbons (Fsp3) is 0.208. The molecule has 0 spiro atoms. The van der Waals surface area contributed by atoms with E-state index < -0.39 is 92.9 Å². The van der Waals surface area contributed by atoms with E-state index in [9.17, 15) is 75.3 Å². The summed E-state index contributed by atoms with van der Waals surface area (Å²) in [4.78, 5) is 105. The van der Waals surface area contributed by atoms with Crippen molar-refractivity contribution in [3.8, 4) is 47.0 Å². The molecule has 16 rings (SSSR count). The highest BCUT2D eigenvalue weighted by molar-refractivity contribution is 6.36. The average Bonchev–Trinajstić information content (AvgIpc) is 0.759. The van der Waals surface area contributed by atoms with Crippen molar-refractivity contribution >= 4 is 160 Å². The van der Waals surface area contributed by atoms with Crippen LogP contribution in [0.4, 0.5) is 105 Å². The van der Waals surface area contributed by atoms with E-state index in [2.05, 4.69) is 81.1 Å². The zero-order valence-corrected chi connectivity index (χ0v) is 80.1. The number of aromatic nitrogens is 16. The molecule has 0 unspecified atom stereocenters. The first-order chi connectivity index (χ1) is 68.5. The Bertz CT molecular complexity index is 7200. The van der Waals surface area contributed by atoms with Crippen molar-refractivity contribution in [3.05, 3.63) is 299 Å². The second-order valence-electron chi connectivity index (χ2n) is 32.7. The summed E-state index contributed by atoms with van der Waals surface area (Å²) < 4.78 is 118. The van der Waals surface area contributed by atoms with Gasteiger partial charge in [-0.2, -0.15) is 60.9 Å². The van der Waals surface area contributed by atoms with Crippen LogP contribution < -0.4 is 89.4 Å². The molecular weight excluding hydrogens is 1960 g/mol. The van der Waals surface area contributed by atoms with Crippen molar-refractivity contribution in [1.29, 1.82) is 21.0 Å². The van der Waals surface area contributed by atoms with E-state index >= 15 is 0 Å². The predicted molar refractivity (Wildman–Crippen MR) is 535 cm³/mol. The maximum absolute atomic E-state index is 14.2. The number of hydrogen-bond donors (Lipinski definition) is 12. The number of fused-ring (bicyclic) bond motifs is 4. The highest BCUT2D eigenvalue weighted by Crippen LogP contribution is 2.40. The molecule has 0 aliphatic rings. The maximum atomic E-state index is 14.2. The summed E-state index contributed by atoms with van der Waals surface area (Å²) in [5.74, 6) is -8.46. The van der Waals surface area contributed by atoms with Gasteiger partial charge in [0.15, 0.2) is 23.3 Å². The van der Waals surface area contributed by atoms with Gasteiger partial charge in [-0.1, -0.05) is 152 Å². The topological polar surface area (TPSA) is 594 Å². The second-order valence-corrected chi connectivity index (χ2v) is 34.4. The summed E-state index contributed by atoms with van der Waals surface area (Å²) >= 11 is 25.2. The molecule has 20 N–H and O–H groups in total. The van der Waals surface area contributed by atoms with Crippen LogP contribution in [0.15, 0.2) is 165 Å². The molecule has 144 heavy (non-hydrogen) atoms. The van der Waals surface area contributed by atoms with Gasteiger partial charge in [0, 0.05) is 24.3 Å². The number of rotatable bonds is 24. The zero-order valence-electron chi connectivity index (χ0n) is 77.0. The van der Waals surface area contributed by atoms with Crippen LogP contribution in [-0.2, 0) is 0 Å². The Hall–Kier alpha value is -17.2. The van der Waals surface area contributed by atoms with Gasteiger partial charge in [0.1, 0.15) is 140 Å². The molecule has 0 saturated heterocycles. The van der Waals surface area contributed by atoms with Gasteiger partial charge in [-0.3, -0.25) is 37.4 Å². The number of benzene rings is 8. The SMILES string of the molecule is CC[C@@H](C)[C@@H](Nc1nc(N)nc(N)c1C#N)c1nc2cccc(Cl)c2c(=O)n1-c1cc(F)cc(F)c1.CC[C@@H](C)[C@H](Nc1nc(N)nc(N)c1C#N)c1nc2cccc(Cl)c2c(=O)n1-c1cc(F)cc(F)c1.CC[C@H](C)[C@@H](Nc1nc(N)nc(N)c1C#N)c1nc2cccc(Cl)c2c(=O)n1-c1cc(F)cc(F)c1.CC[C@H](C)[C@H](Nc1nc(N)nc(N)c1C#N)c1nc2cccc(Cl)c2c(=O)n1-c1cc(F)cc(F)c1. The third-order valence-electron chi connectivity index (χ3n) is 23.3. The number of nitrogens with two attached hydrogens (primary N) is 8. The molecule has 0 saturated carbocycles. The molecule has 0 amide bonds. The number of nitrogens with zero attached hydrogens (tertiary/aromatic N) is 20. The van der Waals surface area contributed by atoms with E-state index in [0.29, 0.717) is 49.9 Å². The Labute approximate surface area is 832 Å². The van der Waals surface area contributed by atoms with Crippen LogP contribution in [0.3, 0.4) is 0 Å². The lowest BCUT2D eigenvalue weighted by Gasteiger charge is -2.28. The lowest BCUT2D eigenvalue weighted by atomic mass is 9.97. The average molecular weight is 2040 g/mol. The summed E-state index contributed by atoms with van der Waals surface area (Å²) in [6.07, 6.45) is 2.38. The van der Waals surface area contributed by atoms with E-state index in [1.807, 2.05) is 79.7 Å². The van der Waals surface area contributed by atoms with E-state index in [1.54, 1.807) is 48.5 Å². The summed E-state index contributed by atoms with van der Waals surface area (Å²) in [7, 11) is 0. The zero-order chi connectivity index (χ0) is 105. The molecule has 0 aliphatic carbocycles. The van der Waals surface area contributed by atoms with Crippen LogP contribution in [0.1, 0.15) is 151 Å². The van der Waals surface area contributed by atoms with Gasteiger partial charge >= 0.3 is 0 Å². The quantitative estimate of drug-likeness (QED) is 0.0250. The number of nitriles is 4. The smallest absolute Gasteiger partial charge is 0.267 e. The molecule has 36 nitrogen and oxygen atoms in total. The Morgan fingerprint density at radius 1 is 0.292 bits per heavy atom. The fourth-order valence-corrected chi connectivity index (χ4v) is 16.6. The summed E-state index contributed by atoms with van der Waals surface area (Å²) in [5.41, 5.74) is 44.6. The Morgan fingerprint density at radius 2 is 0.465 bits per heavy atom.